The van der Waals surface area contributed by atoms with Gasteiger partial charge in [-0.15, -0.1) is 0 Å². The molecule has 1 fully saturated rings. The quantitative estimate of drug-likeness (QED) is 0.528. The predicted molar refractivity (Wildman–Crippen MR) is 41.3 cm³/mol. The first-order valence-corrected chi connectivity index (χ1v) is 3.79. The maximum Gasteiger partial charge on any atom is 0.246 e. The highest BCUT2D eigenvalue weighted by molar-refractivity contribution is 5.31. The Morgan fingerprint density at radius 3 is 2.73 bits per heavy atom. The third-order valence-corrected chi connectivity index (χ3v) is 1.66. The lowest BCUT2D eigenvalue weighted by atomic mass is 10.1. The summed E-state index contributed by atoms with van der Waals surface area (Å²) in [5.74, 6) is 1.27. The monoisotopic (exact) mass is 151 g/mol. The molecule has 2 aliphatic rings. The zero-order valence-electron chi connectivity index (χ0n) is 6.76. The molecule has 2 nitrogen and oxygen atoms in total. The number of allylic oxidation sites excluding steroid dienone is 2. The molecule has 11 heavy (non-hydrogen) atoms. The molecule has 0 atom stereocenters. The molecule has 1 aliphatic heterocycles. The van der Waals surface area contributed by atoms with E-state index in [1.165, 1.54) is 0 Å². The van der Waals surface area contributed by atoms with Crippen LogP contribution in [0.25, 0.3) is 0 Å². The van der Waals surface area contributed by atoms with Gasteiger partial charge in [0.05, 0.1) is 0 Å². The minimum atomic E-state index is -0.476. The lowest BCUT2D eigenvalue weighted by Gasteiger charge is -2.14. The molecule has 2 heteroatoms. The smallest absolute Gasteiger partial charge is 0.246 e. The molecule has 0 aromatic carbocycles. The normalized spacial score (nSPS) is 26.0. The molecule has 0 unspecified atom stereocenters. The van der Waals surface area contributed by atoms with Crippen molar-refractivity contribution in [3.05, 3.63) is 30.1 Å². The lowest BCUT2D eigenvalue weighted by molar-refractivity contribution is -0.104. The van der Waals surface area contributed by atoms with Crippen molar-refractivity contribution in [2.75, 3.05) is 0 Å². The van der Waals surface area contributed by atoms with Gasteiger partial charge >= 0.3 is 0 Å². The molecular weight excluding hydrogens is 140 g/mol. The van der Waals surface area contributed by atoms with Gasteiger partial charge in [-0.05, 0) is 25.0 Å². The largest absolute Gasteiger partial charge is 0.449 e. The lowest BCUT2D eigenvalue weighted by Crippen LogP contribution is -2.18. The fourth-order valence-corrected chi connectivity index (χ4v) is 1.26. The van der Waals surface area contributed by atoms with Crippen LogP contribution in [0.2, 0.25) is 0 Å². The van der Waals surface area contributed by atoms with Gasteiger partial charge in [0.25, 0.3) is 0 Å². The maximum absolute atomic E-state index is 5.50. The number of hydrogen-bond donors (Lipinski definition) is 0. The number of ether oxygens (including phenoxy) is 2. The Morgan fingerprint density at radius 1 is 1.27 bits per heavy atom. The van der Waals surface area contributed by atoms with E-state index < -0.39 is 5.79 Å². The summed E-state index contributed by atoms with van der Waals surface area (Å²) in [4.78, 5) is 0. The average molecular weight is 151 g/mol. The van der Waals surface area contributed by atoms with Crippen LogP contribution in [0.15, 0.2) is 23.7 Å². The summed E-state index contributed by atoms with van der Waals surface area (Å²) in [5.41, 5.74) is 0. The third kappa shape index (κ3) is 1.13. The summed E-state index contributed by atoms with van der Waals surface area (Å²) in [7, 11) is 0. The van der Waals surface area contributed by atoms with Crippen LogP contribution in [-0.4, -0.2) is 5.79 Å². The zero-order chi connectivity index (χ0) is 7.90. The second-order valence-corrected chi connectivity index (χ2v) is 3.17. The minimum absolute atomic E-state index is 0.476. The van der Waals surface area contributed by atoms with Gasteiger partial charge in [0, 0.05) is 13.8 Å². The van der Waals surface area contributed by atoms with Gasteiger partial charge in [-0.3, -0.25) is 0 Å². The SMILES string of the molecule is CC1(C)OC2=C[CH]CC=C2O1. The molecule has 0 N–H and O–H groups in total. The molecule has 1 radical (unpaired) electrons. The Morgan fingerprint density at radius 2 is 2.00 bits per heavy atom. The van der Waals surface area contributed by atoms with Gasteiger partial charge < -0.3 is 9.47 Å². The van der Waals surface area contributed by atoms with Gasteiger partial charge in [0.2, 0.25) is 5.79 Å². The van der Waals surface area contributed by atoms with E-state index in [0.717, 1.165) is 17.9 Å². The molecule has 0 saturated carbocycles. The minimum Gasteiger partial charge on any atom is -0.449 e. The van der Waals surface area contributed by atoms with Crippen LogP contribution in [0.5, 0.6) is 0 Å². The van der Waals surface area contributed by atoms with Crippen LogP contribution in [0.3, 0.4) is 0 Å². The molecule has 1 saturated heterocycles. The van der Waals surface area contributed by atoms with E-state index in [2.05, 4.69) is 6.42 Å². The van der Waals surface area contributed by atoms with Gasteiger partial charge in [-0.1, -0.05) is 0 Å². The molecule has 0 amide bonds. The Labute approximate surface area is 66.5 Å². The van der Waals surface area contributed by atoms with E-state index in [1.807, 2.05) is 26.0 Å². The van der Waals surface area contributed by atoms with Crippen LogP contribution in [0.1, 0.15) is 20.3 Å². The summed E-state index contributed by atoms with van der Waals surface area (Å²) in [6, 6.07) is 0. The highest BCUT2D eigenvalue weighted by Crippen LogP contribution is 2.35. The van der Waals surface area contributed by atoms with E-state index in [4.69, 9.17) is 9.47 Å². The highest BCUT2D eigenvalue weighted by atomic mass is 16.7. The zero-order valence-corrected chi connectivity index (χ0v) is 6.76. The Balaban J connectivity index is 2.29. The Hall–Kier alpha value is -0.920. The molecule has 1 aliphatic carbocycles. The van der Waals surface area contributed by atoms with Crippen molar-refractivity contribution in [2.45, 2.75) is 26.1 Å². The summed E-state index contributed by atoms with van der Waals surface area (Å²) in [6.45, 7) is 3.82. The van der Waals surface area contributed by atoms with E-state index >= 15 is 0 Å². The number of hydrogen-bond acceptors (Lipinski definition) is 2. The summed E-state index contributed by atoms with van der Waals surface area (Å²) in [5, 5.41) is 0. The van der Waals surface area contributed by atoms with E-state index in [0.29, 0.717) is 0 Å². The van der Waals surface area contributed by atoms with Crippen LogP contribution < -0.4 is 0 Å². The first-order valence-electron chi connectivity index (χ1n) is 3.79. The molecule has 0 aromatic heterocycles. The van der Waals surface area contributed by atoms with Crippen LogP contribution in [0.4, 0.5) is 0 Å². The second kappa shape index (κ2) is 2.03. The van der Waals surface area contributed by atoms with Crippen molar-refractivity contribution in [3.63, 3.8) is 0 Å². The van der Waals surface area contributed by atoms with Gasteiger partial charge in [0.1, 0.15) is 0 Å². The second-order valence-electron chi connectivity index (χ2n) is 3.17. The predicted octanol–water partition coefficient (Wildman–Crippen LogP) is 2.15. The van der Waals surface area contributed by atoms with Crippen molar-refractivity contribution in [3.8, 4) is 0 Å². The van der Waals surface area contributed by atoms with Crippen molar-refractivity contribution < 1.29 is 9.47 Å². The number of fused-ring (bicyclic) bond motifs is 1. The van der Waals surface area contributed by atoms with Crippen molar-refractivity contribution in [2.24, 2.45) is 0 Å². The van der Waals surface area contributed by atoms with Crippen molar-refractivity contribution >= 4 is 0 Å². The Kier molecular flexibility index (Phi) is 1.25. The fourth-order valence-electron chi connectivity index (χ4n) is 1.26. The van der Waals surface area contributed by atoms with Gasteiger partial charge in [-0.2, -0.15) is 0 Å². The molecule has 1 heterocycles. The Bertz CT molecular complexity index is 212. The van der Waals surface area contributed by atoms with E-state index in [1.54, 1.807) is 0 Å². The third-order valence-electron chi connectivity index (χ3n) is 1.66. The van der Waals surface area contributed by atoms with E-state index in [-0.39, 0.29) is 0 Å². The molecule has 0 bridgehead atoms. The number of rotatable bonds is 0. The molecular formula is C9H11O2. The van der Waals surface area contributed by atoms with E-state index in [9.17, 15) is 0 Å². The van der Waals surface area contributed by atoms with Crippen LogP contribution in [-0.2, 0) is 9.47 Å². The first kappa shape index (κ1) is 6.77. The fraction of sp³-hybridized carbons (Fsp3) is 0.444. The highest BCUT2D eigenvalue weighted by Gasteiger charge is 2.34. The van der Waals surface area contributed by atoms with Crippen LogP contribution in [0, 0.1) is 6.42 Å². The van der Waals surface area contributed by atoms with Crippen molar-refractivity contribution in [1.82, 2.24) is 0 Å². The first-order chi connectivity index (χ1) is 5.17. The topological polar surface area (TPSA) is 18.5 Å². The standard InChI is InChI=1S/C9H11O2/c1-9(2)10-7-5-3-4-6-8(7)11-9/h3,5-6H,4H2,1-2H3. The van der Waals surface area contributed by atoms with Gasteiger partial charge in [-0.25, -0.2) is 0 Å². The van der Waals surface area contributed by atoms with Gasteiger partial charge in [0.15, 0.2) is 11.5 Å². The van der Waals surface area contributed by atoms with Crippen molar-refractivity contribution in [1.29, 1.82) is 0 Å². The summed E-state index contributed by atoms with van der Waals surface area (Å²) >= 11 is 0. The maximum atomic E-state index is 5.50. The summed E-state index contributed by atoms with van der Waals surface area (Å²) in [6.07, 6.45) is 7.00. The molecule has 2 rings (SSSR count). The van der Waals surface area contributed by atoms with Crippen LogP contribution >= 0.6 is 0 Å². The average Bonchev–Trinajstić information content (AvgIpc) is 2.21. The molecule has 59 valence electrons. The molecule has 0 aromatic rings. The summed E-state index contributed by atoms with van der Waals surface area (Å²) < 4.78 is 11.0. The molecule has 0 spiro atoms.